The average Bonchev–Trinajstić information content (AvgIpc) is 1.64. The van der Waals surface area contributed by atoms with Crippen LogP contribution in [-0.4, -0.2) is 4.86 Å². The maximum atomic E-state index is 4.93. The number of hydrogen-bond acceptors (Lipinski definition) is 1. The van der Waals surface area contributed by atoms with Crippen LogP contribution in [0.15, 0.2) is 22.7 Å². The van der Waals surface area contributed by atoms with Gasteiger partial charge in [0.05, 0.1) is 0 Å². The van der Waals surface area contributed by atoms with Crippen molar-refractivity contribution in [1.29, 1.82) is 0 Å². The Bertz CT molecular complexity index is 167. The van der Waals surface area contributed by atoms with Crippen molar-refractivity contribution >= 4 is 33.0 Å². The van der Waals surface area contributed by atoms with Crippen LogP contribution in [0.4, 0.5) is 0 Å². The lowest BCUT2D eigenvalue weighted by molar-refractivity contribution is 1.50. The molecule has 0 radical (unpaired) electrons. The molecule has 0 aliphatic heterocycles. The zero-order valence-corrected chi connectivity index (χ0v) is 6.63. The van der Waals surface area contributed by atoms with Crippen LogP contribution >= 0.6 is 28.1 Å². The molecule has 0 fully saturated rings. The molecule has 42 valence electrons. The van der Waals surface area contributed by atoms with Gasteiger partial charge in [0.25, 0.3) is 0 Å². The van der Waals surface area contributed by atoms with Crippen molar-refractivity contribution in [2.45, 2.75) is 6.42 Å². The third-order valence-electron chi connectivity index (χ3n) is 0.895. The van der Waals surface area contributed by atoms with Gasteiger partial charge in [-0.2, -0.15) is 0 Å². The summed E-state index contributed by atoms with van der Waals surface area (Å²) in [5.41, 5.74) is 0. The molecule has 0 N–H and O–H groups in total. The summed E-state index contributed by atoms with van der Waals surface area (Å²) < 4.78 is 1.08. The molecule has 1 aliphatic rings. The fourth-order valence-corrected chi connectivity index (χ4v) is 1.39. The zero-order valence-electron chi connectivity index (χ0n) is 4.23. The molecule has 0 atom stereocenters. The van der Waals surface area contributed by atoms with E-state index < -0.39 is 0 Å². The summed E-state index contributed by atoms with van der Waals surface area (Å²) in [6.45, 7) is 0. The standard InChI is InChI=1S/C6H5BrS/c7-5-2-1-3-6(8)4-5/h1-2,4H,3H2. The highest BCUT2D eigenvalue weighted by Crippen LogP contribution is 2.13. The Balaban J connectivity index is 2.77. The summed E-state index contributed by atoms with van der Waals surface area (Å²) in [4.78, 5) is 0.999. The third-order valence-corrected chi connectivity index (χ3v) is 1.67. The predicted octanol–water partition coefficient (Wildman–Crippen LogP) is 2.60. The fraction of sp³-hybridized carbons (Fsp3) is 0.167. The maximum absolute atomic E-state index is 4.93. The predicted molar refractivity (Wildman–Crippen MR) is 43.4 cm³/mol. The van der Waals surface area contributed by atoms with E-state index in [1.165, 1.54) is 0 Å². The van der Waals surface area contributed by atoms with Gasteiger partial charge in [-0.05, 0) is 6.08 Å². The van der Waals surface area contributed by atoms with Crippen molar-refractivity contribution in [3.8, 4) is 0 Å². The van der Waals surface area contributed by atoms with Gasteiger partial charge in [0.1, 0.15) is 0 Å². The Labute approximate surface area is 62.4 Å². The Morgan fingerprint density at radius 1 is 1.62 bits per heavy atom. The number of rotatable bonds is 0. The van der Waals surface area contributed by atoms with Crippen LogP contribution in [0.3, 0.4) is 0 Å². The van der Waals surface area contributed by atoms with Crippen LogP contribution in [0, 0.1) is 0 Å². The van der Waals surface area contributed by atoms with Gasteiger partial charge in [0.2, 0.25) is 0 Å². The fourth-order valence-electron chi connectivity index (χ4n) is 0.548. The SMILES string of the molecule is S=C1C=C(Br)C=CC1. The summed E-state index contributed by atoms with van der Waals surface area (Å²) >= 11 is 8.24. The Morgan fingerprint density at radius 2 is 2.38 bits per heavy atom. The molecule has 1 aliphatic carbocycles. The molecule has 0 aromatic rings. The van der Waals surface area contributed by atoms with Crippen LogP contribution in [0.25, 0.3) is 0 Å². The molecular formula is C6H5BrS. The smallest absolute Gasteiger partial charge is 0.0201 e. The lowest BCUT2D eigenvalue weighted by atomic mass is 10.2. The minimum atomic E-state index is 0.921. The van der Waals surface area contributed by atoms with Crippen LogP contribution in [0.2, 0.25) is 0 Å². The van der Waals surface area contributed by atoms with E-state index in [1.807, 2.05) is 18.2 Å². The molecule has 0 unspecified atom stereocenters. The van der Waals surface area contributed by atoms with Crippen LogP contribution < -0.4 is 0 Å². The molecule has 0 heterocycles. The van der Waals surface area contributed by atoms with Crippen molar-refractivity contribution in [2.24, 2.45) is 0 Å². The highest BCUT2D eigenvalue weighted by atomic mass is 79.9. The molecule has 0 saturated carbocycles. The van der Waals surface area contributed by atoms with Gasteiger partial charge in [0, 0.05) is 15.8 Å². The monoisotopic (exact) mass is 188 g/mol. The summed E-state index contributed by atoms with van der Waals surface area (Å²) in [6, 6.07) is 0. The molecule has 0 aromatic carbocycles. The van der Waals surface area contributed by atoms with E-state index in [0.717, 1.165) is 15.8 Å². The van der Waals surface area contributed by atoms with Gasteiger partial charge in [-0.25, -0.2) is 0 Å². The average molecular weight is 189 g/mol. The number of hydrogen-bond donors (Lipinski definition) is 0. The first-order valence-corrected chi connectivity index (χ1v) is 3.56. The molecule has 0 nitrogen and oxygen atoms in total. The zero-order chi connectivity index (χ0) is 5.98. The molecule has 0 spiro atoms. The van der Waals surface area contributed by atoms with E-state index in [1.54, 1.807) is 0 Å². The van der Waals surface area contributed by atoms with Gasteiger partial charge >= 0.3 is 0 Å². The number of thiocarbonyl (C=S) groups is 1. The Kier molecular flexibility index (Phi) is 1.97. The van der Waals surface area contributed by atoms with Crippen molar-refractivity contribution in [2.75, 3.05) is 0 Å². The van der Waals surface area contributed by atoms with Crippen LogP contribution in [0.1, 0.15) is 6.42 Å². The van der Waals surface area contributed by atoms with E-state index >= 15 is 0 Å². The number of halogens is 1. The normalized spacial score (nSPS) is 18.6. The molecular weight excluding hydrogens is 184 g/mol. The minimum Gasteiger partial charge on any atom is -0.0845 e. The first-order valence-electron chi connectivity index (χ1n) is 2.35. The summed E-state index contributed by atoms with van der Waals surface area (Å²) in [6.07, 6.45) is 6.93. The van der Waals surface area contributed by atoms with Crippen molar-refractivity contribution < 1.29 is 0 Å². The Morgan fingerprint density at radius 3 is 2.75 bits per heavy atom. The van der Waals surface area contributed by atoms with Gasteiger partial charge in [-0.15, -0.1) is 0 Å². The van der Waals surface area contributed by atoms with E-state index in [4.69, 9.17) is 12.2 Å². The van der Waals surface area contributed by atoms with Gasteiger partial charge in [-0.1, -0.05) is 40.3 Å². The van der Waals surface area contributed by atoms with E-state index in [2.05, 4.69) is 15.9 Å². The molecule has 8 heavy (non-hydrogen) atoms. The first-order chi connectivity index (χ1) is 3.79. The van der Waals surface area contributed by atoms with Gasteiger partial charge < -0.3 is 0 Å². The molecule has 0 saturated heterocycles. The summed E-state index contributed by atoms with van der Waals surface area (Å²) in [7, 11) is 0. The molecule has 0 aromatic heterocycles. The highest BCUT2D eigenvalue weighted by Gasteiger charge is 1.95. The van der Waals surface area contributed by atoms with Crippen molar-refractivity contribution in [3.63, 3.8) is 0 Å². The quantitative estimate of drug-likeness (QED) is 0.528. The lowest BCUT2D eigenvalue weighted by Crippen LogP contribution is -1.89. The largest absolute Gasteiger partial charge is 0.0845 e. The third kappa shape index (κ3) is 1.53. The topological polar surface area (TPSA) is 0 Å². The summed E-state index contributed by atoms with van der Waals surface area (Å²) in [5, 5.41) is 0. The Hall–Kier alpha value is 0.0500. The minimum absolute atomic E-state index is 0.921. The van der Waals surface area contributed by atoms with Gasteiger partial charge in [-0.3, -0.25) is 0 Å². The maximum Gasteiger partial charge on any atom is 0.0201 e. The van der Waals surface area contributed by atoms with Crippen molar-refractivity contribution in [3.05, 3.63) is 22.7 Å². The molecule has 1 rings (SSSR count). The summed E-state index contributed by atoms with van der Waals surface area (Å²) in [5.74, 6) is 0. The second kappa shape index (κ2) is 2.55. The second-order valence-corrected chi connectivity index (χ2v) is 3.04. The number of allylic oxidation sites excluding steroid dienone is 4. The van der Waals surface area contributed by atoms with Crippen LogP contribution in [0.5, 0.6) is 0 Å². The molecule has 2 heteroatoms. The molecule has 0 amide bonds. The second-order valence-electron chi connectivity index (χ2n) is 1.60. The van der Waals surface area contributed by atoms with E-state index in [9.17, 15) is 0 Å². The van der Waals surface area contributed by atoms with E-state index in [-0.39, 0.29) is 0 Å². The van der Waals surface area contributed by atoms with E-state index in [0.29, 0.717) is 0 Å². The van der Waals surface area contributed by atoms with Crippen molar-refractivity contribution in [1.82, 2.24) is 0 Å². The van der Waals surface area contributed by atoms with Gasteiger partial charge in [0.15, 0.2) is 0 Å². The highest BCUT2D eigenvalue weighted by molar-refractivity contribution is 9.11. The van der Waals surface area contributed by atoms with Crippen LogP contribution in [-0.2, 0) is 0 Å². The first kappa shape index (κ1) is 6.17. The molecule has 0 bridgehead atoms. The lowest BCUT2D eigenvalue weighted by Gasteiger charge is -1.97.